The van der Waals surface area contributed by atoms with Crippen LogP contribution in [0.25, 0.3) is 11.2 Å². The smallest absolute Gasteiger partial charge is 0.326 e. The molecule has 3 aliphatic rings. The van der Waals surface area contributed by atoms with Crippen LogP contribution in [0.2, 0.25) is 0 Å². The molecule has 0 spiro atoms. The third kappa shape index (κ3) is 4.45. The molecule has 3 aliphatic heterocycles. The fraction of sp³-hybridized carbons (Fsp3) is 0.440. The van der Waals surface area contributed by atoms with E-state index in [4.69, 9.17) is 14.2 Å². The van der Waals surface area contributed by atoms with Gasteiger partial charge in [0.2, 0.25) is 0 Å². The normalized spacial score (nSPS) is 28.0. The van der Waals surface area contributed by atoms with E-state index in [1.165, 1.54) is 17.6 Å². The molecule has 2 aromatic heterocycles. The molecule has 3 aromatic rings. The van der Waals surface area contributed by atoms with Crippen LogP contribution >= 0.6 is 0 Å². The number of hydrogen-bond donors (Lipinski definition) is 3. The van der Waals surface area contributed by atoms with Crippen molar-refractivity contribution in [1.29, 1.82) is 0 Å². The van der Waals surface area contributed by atoms with Crippen molar-refractivity contribution in [3.8, 4) is 0 Å². The molecule has 39 heavy (non-hydrogen) atoms. The second-order valence-corrected chi connectivity index (χ2v) is 9.45. The lowest BCUT2D eigenvalue weighted by atomic mass is 10.1. The van der Waals surface area contributed by atoms with E-state index < -0.39 is 54.8 Å². The number of fused-ring (bicyclic) bond motifs is 2. The van der Waals surface area contributed by atoms with E-state index in [1.807, 2.05) is 30.3 Å². The summed E-state index contributed by atoms with van der Waals surface area (Å²) in [6.45, 7) is 2.54. The van der Waals surface area contributed by atoms with Crippen molar-refractivity contribution in [2.75, 3.05) is 18.4 Å². The third-order valence-electron chi connectivity index (χ3n) is 7.09. The molecule has 14 nitrogen and oxygen atoms in total. The monoisotopic (exact) mass is 537 g/mol. The Bertz CT molecular complexity index is 1400. The molecule has 5 heterocycles. The standard InChI is InChI=1S/C25H27N7O7/c1-2-26-25(36)30-19-15-20(28-11-27-19)32(12-29-15)22-18-16(38-24(39-18)13-7-4-3-5-8-13)17(37-22)21(33)31-10-6-9-14(31)23(34)35/h3-5,7-8,11-12,14,16-18,22,24H,2,6,9-10H2,1H3,(H,34,35)(H2,26,27,28,30,36)/t14?,16-,17?,18?,22?,24-/m1/s1. The van der Waals surface area contributed by atoms with Gasteiger partial charge in [0.25, 0.3) is 5.91 Å². The van der Waals surface area contributed by atoms with Crippen molar-refractivity contribution in [2.24, 2.45) is 0 Å². The number of aliphatic carboxylic acids is 1. The van der Waals surface area contributed by atoms with Gasteiger partial charge in [0.1, 0.15) is 24.6 Å². The number of hydrogen-bond acceptors (Lipinski definition) is 9. The van der Waals surface area contributed by atoms with Crippen LogP contribution in [-0.4, -0.2) is 84.9 Å². The molecule has 3 fully saturated rings. The van der Waals surface area contributed by atoms with Crippen molar-refractivity contribution in [2.45, 2.75) is 56.6 Å². The number of urea groups is 1. The Kier molecular flexibility index (Phi) is 6.58. The first-order chi connectivity index (χ1) is 19.0. The van der Waals surface area contributed by atoms with Crippen molar-refractivity contribution in [3.63, 3.8) is 0 Å². The Morgan fingerprint density at radius 3 is 2.64 bits per heavy atom. The lowest BCUT2D eigenvalue weighted by Crippen LogP contribution is -2.49. The molecule has 0 saturated carbocycles. The Morgan fingerprint density at radius 2 is 1.87 bits per heavy atom. The van der Waals surface area contributed by atoms with Gasteiger partial charge in [-0.2, -0.15) is 0 Å². The molecule has 14 heteroatoms. The van der Waals surface area contributed by atoms with Gasteiger partial charge in [-0.1, -0.05) is 30.3 Å². The van der Waals surface area contributed by atoms with Crippen molar-refractivity contribution in [3.05, 3.63) is 48.5 Å². The van der Waals surface area contributed by atoms with E-state index in [9.17, 15) is 19.5 Å². The Hall–Kier alpha value is -4.14. The number of nitrogens with one attached hydrogen (secondary N) is 2. The minimum atomic E-state index is -1.11. The van der Waals surface area contributed by atoms with Crippen LogP contribution in [0.3, 0.4) is 0 Å². The predicted octanol–water partition coefficient (Wildman–Crippen LogP) is 1.42. The second-order valence-electron chi connectivity index (χ2n) is 9.45. The first-order valence-corrected chi connectivity index (χ1v) is 12.7. The predicted molar refractivity (Wildman–Crippen MR) is 133 cm³/mol. The average Bonchev–Trinajstić information content (AvgIpc) is 3.72. The van der Waals surface area contributed by atoms with Crippen molar-refractivity contribution >= 4 is 34.9 Å². The number of nitrogens with zero attached hydrogens (tertiary/aromatic N) is 5. The summed E-state index contributed by atoms with van der Waals surface area (Å²) in [5.41, 5.74) is 1.44. The number of ether oxygens (including phenoxy) is 3. The number of carbonyl (C=O) groups excluding carboxylic acids is 2. The Morgan fingerprint density at radius 1 is 1.08 bits per heavy atom. The zero-order valence-corrected chi connectivity index (χ0v) is 21.0. The highest BCUT2D eigenvalue weighted by Gasteiger charge is 2.58. The van der Waals surface area contributed by atoms with Crippen LogP contribution in [0.1, 0.15) is 37.8 Å². The molecule has 6 rings (SSSR count). The largest absolute Gasteiger partial charge is 0.480 e. The number of carboxylic acid groups (broad SMARTS) is 1. The van der Waals surface area contributed by atoms with Crippen LogP contribution < -0.4 is 10.6 Å². The number of carboxylic acids is 1. The summed E-state index contributed by atoms with van der Waals surface area (Å²) >= 11 is 0. The highest BCUT2D eigenvalue weighted by molar-refractivity contribution is 5.95. The van der Waals surface area contributed by atoms with Crippen molar-refractivity contribution in [1.82, 2.24) is 29.7 Å². The summed E-state index contributed by atoms with van der Waals surface area (Å²) in [7, 11) is 0. The van der Waals surface area contributed by atoms with Gasteiger partial charge in [0, 0.05) is 18.7 Å². The highest BCUT2D eigenvalue weighted by atomic mass is 16.8. The molecule has 0 radical (unpaired) electrons. The summed E-state index contributed by atoms with van der Waals surface area (Å²) in [5, 5.41) is 14.9. The number of amides is 3. The minimum absolute atomic E-state index is 0.207. The molecule has 3 amide bonds. The fourth-order valence-electron chi connectivity index (χ4n) is 5.33. The molecule has 0 aliphatic carbocycles. The summed E-state index contributed by atoms with van der Waals surface area (Å²) in [5.74, 6) is -1.31. The molecule has 204 valence electrons. The highest BCUT2D eigenvalue weighted by Crippen LogP contribution is 2.45. The minimum Gasteiger partial charge on any atom is -0.480 e. The van der Waals surface area contributed by atoms with Gasteiger partial charge in [0.05, 0.1) is 6.33 Å². The first kappa shape index (κ1) is 25.2. The molecule has 0 bridgehead atoms. The maximum absolute atomic E-state index is 13.7. The first-order valence-electron chi connectivity index (χ1n) is 12.7. The second kappa shape index (κ2) is 10.2. The van der Waals surface area contributed by atoms with Crippen LogP contribution in [-0.2, 0) is 23.8 Å². The van der Waals surface area contributed by atoms with E-state index in [0.717, 1.165) is 5.56 Å². The van der Waals surface area contributed by atoms with E-state index in [2.05, 4.69) is 25.6 Å². The molecule has 4 unspecified atom stereocenters. The summed E-state index contributed by atoms with van der Waals surface area (Å²) in [6, 6.07) is 7.95. The van der Waals surface area contributed by atoms with E-state index in [0.29, 0.717) is 37.1 Å². The molecular formula is C25H27N7O7. The van der Waals surface area contributed by atoms with Gasteiger partial charge in [-0.15, -0.1) is 0 Å². The summed E-state index contributed by atoms with van der Waals surface area (Å²) in [4.78, 5) is 51.8. The maximum Gasteiger partial charge on any atom is 0.326 e. The zero-order chi connectivity index (χ0) is 27.1. The maximum atomic E-state index is 13.7. The average molecular weight is 538 g/mol. The summed E-state index contributed by atoms with van der Waals surface area (Å²) in [6.07, 6.45) is -0.556. The van der Waals surface area contributed by atoms with E-state index in [-0.39, 0.29) is 5.82 Å². The summed E-state index contributed by atoms with van der Waals surface area (Å²) < 4.78 is 20.4. The van der Waals surface area contributed by atoms with Gasteiger partial charge < -0.3 is 29.5 Å². The number of anilines is 1. The van der Waals surface area contributed by atoms with Crippen LogP contribution in [0.4, 0.5) is 10.6 Å². The molecular weight excluding hydrogens is 510 g/mol. The number of rotatable bonds is 6. The molecule has 3 N–H and O–H groups in total. The lowest BCUT2D eigenvalue weighted by Gasteiger charge is -2.27. The number of likely N-dealkylation sites (tertiary alicyclic amines) is 1. The molecule has 6 atom stereocenters. The Balaban J connectivity index is 1.34. The van der Waals surface area contributed by atoms with E-state index in [1.54, 1.807) is 11.5 Å². The Labute approximate surface area is 222 Å². The van der Waals surface area contributed by atoms with Gasteiger partial charge in [0.15, 0.2) is 35.6 Å². The SMILES string of the molecule is CCNC(=O)Nc1ncnc2c1ncn2C1OC(C(=O)N2CCCC2C(=O)O)[C@H]2O[C@@H](c3ccccc3)OC12. The molecule has 3 saturated heterocycles. The van der Waals surface area contributed by atoms with Crippen molar-refractivity contribution < 1.29 is 33.7 Å². The van der Waals surface area contributed by atoms with Gasteiger partial charge in [-0.05, 0) is 19.8 Å². The van der Waals surface area contributed by atoms with Crippen LogP contribution in [0.5, 0.6) is 0 Å². The number of imidazole rings is 1. The van der Waals surface area contributed by atoms with Gasteiger partial charge in [-0.3, -0.25) is 14.7 Å². The zero-order valence-electron chi connectivity index (χ0n) is 21.0. The van der Waals surface area contributed by atoms with Gasteiger partial charge in [-0.25, -0.2) is 24.5 Å². The van der Waals surface area contributed by atoms with E-state index >= 15 is 0 Å². The van der Waals surface area contributed by atoms with Gasteiger partial charge >= 0.3 is 12.0 Å². The lowest BCUT2D eigenvalue weighted by molar-refractivity contribution is -0.171. The number of benzene rings is 1. The van der Waals surface area contributed by atoms with Crippen LogP contribution in [0.15, 0.2) is 43.0 Å². The quantitative estimate of drug-likeness (QED) is 0.418. The molecule has 1 aromatic carbocycles. The number of carbonyl (C=O) groups is 3. The third-order valence-corrected chi connectivity index (χ3v) is 7.09. The fourth-order valence-corrected chi connectivity index (χ4v) is 5.33. The van der Waals surface area contributed by atoms with Crippen LogP contribution in [0, 0.1) is 0 Å². The topological polar surface area (TPSA) is 170 Å². The number of aromatic nitrogens is 4.